The van der Waals surface area contributed by atoms with Crippen LogP contribution in [0, 0.1) is 0 Å². The molecule has 2 nitrogen and oxygen atoms in total. The van der Waals surface area contributed by atoms with Crippen LogP contribution in [0.3, 0.4) is 0 Å². The average Bonchev–Trinajstić information content (AvgIpc) is 2.66. The van der Waals surface area contributed by atoms with Crippen molar-refractivity contribution in [2.24, 2.45) is 0 Å². The van der Waals surface area contributed by atoms with E-state index in [2.05, 4.69) is 39.8 Å². The fourth-order valence-corrected chi connectivity index (χ4v) is 3.11. The number of furan rings is 1. The monoisotopic (exact) mass is 243 g/mol. The predicted octanol–water partition coefficient (Wildman–Crippen LogP) is 4.36. The van der Waals surface area contributed by atoms with Gasteiger partial charge in [-0.25, -0.2) is 0 Å². The lowest BCUT2D eigenvalue weighted by atomic mass is 9.63. The Balaban J connectivity index is 2.37. The summed E-state index contributed by atoms with van der Waals surface area (Å²) in [5.74, 6) is 0. The second-order valence-corrected chi connectivity index (χ2v) is 6.85. The van der Waals surface area contributed by atoms with Crippen molar-refractivity contribution in [1.82, 2.24) is 0 Å². The minimum atomic E-state index is 0.223. The van der Waals surface area contributed by atoms with Gasteiger partial charge >= 0.3 is 0 Å². The van der Waals surface area contributed by atoms with E-state index in [-0.39, 0.29) is 10.8 Å². The van der Waals surface area contributed by atoms with Crippen LogP contribution in [0.2, 0.25) is 0 Å². The topological polar surface area (TPSA) is 39.2 Å². The Bertz CT molecular complexity index is 619. The largest absolute Gasteiger partial charge is 0.462 e. The molecule has 18 heavy (non-hydrogen) atoms. The van der Waals surface area contributed by atoms with E-state index < -0.39 is 0 Å². The van der Waals surface area contributed by atoms with Crippen LogP contribution in [0.5, 0.6) is 0 Å². The lowest BCUT2D eigenvalue weighted by Crippen LogP contribution is -2.33. The standard InChI is InChI=1S/C16H21NO/c1-15(2)5-6-16(3,4)12-8-14-10(7-11(12)15)13(17)9-18-14/h7-9H,5-6,17H2,1-4H3. The Morgan fingerprint density at radius 3 is 2.17 bits per heavy atom. The van der Waals surface area contributed by atoms with Crippen molar-refractivity contribution in [2.75, 3.05) is 5.73 Å². The van der Waals surface area contributed by atoms with Gasteiger partial charge in [-0.05, 0) is 46.9 Å². The van der Waals surface area contributed by atoms with E-state index >= 15 is 0 Å². The van der Waals surface area contributed by atoms with Gasteiger partial charge in [-0.1, -0.05) is 27.7 Å². The molecule has 1 aromatic carbocycles. The summed E-state index contributed by atoms with van der Waals surface area (Å²) in [6.07, 6.45) is 4.08. The molecular formula is C16H21NO. The van der Waals surface area contributed by atoms with Crippen molar-refractivity contribution in [2.45, 2.75) is 51.4 Å². The van der Waals surface area contributed by atoms with Gasteiger partial charge < -0.3 is 10.2 Å². The van der Waals surface area contributed by atoms with Gasteiger partial charge in [-0.15, -0.1) is 0 Å². The zero-order valence-electron chi connectivity index (χ0n) is 11.6. The summed E-state index contributed by atoms with van der Waals surface area (Å²) in [5.41, 5.74) is 10.9. The van der Waals surface area contributed by atoms with Crippen LogP contribution in [0.25, 0.3) is 11.0 Å². The summed E-state index contributed by atoms with van der Waals surface area (Å²) in [7, 11) is 0. The van der Waals surface area contributed by atoms with E-state index in [4.69, 9.17) is 10.2 Å². The summed E-state index contributed by atoms with van der Waals surface area (Å²) < 4.78 is 5.55. The van der Waals surface area contributed by atoms with Gasteiger partial charge in [0.15, 0.2) is 0 Å². The minimum absolute atomic E-state index is 0.223. The Morgan fingerprint density at radius 1 is 1.00 bits per heavy atom. The van der Waals surface area contributed by atoms with Crippen molar-refractivity contribution in [3.05, 3.63) is 29.5 Å². The van der Waals surface area contributed by atoms with E-state index in [9.17, 15) is 0 Å². The van der Waals surface area contributed by atoms with E-state index in [1.54, 1.807) is 6.26 Å². The molecular weight excluding hydrogens is 222 g/mol. The molecule has 96 valence electrons. The zero-order chi connectivity index (χ0) is 13.1. The van der Waals surface area contributed by atoms with E-state index in [1.807, 2.05) is 0 Å². The zero-order valence-corrected chi connectivity index (χ0v) is 11.6. The third-order valence-electron chi connectivity index (χ3n) is 4.58. The fourth-order valence-electron chi connectivity index (χ4n) is 3.11. The molecule has 2 heteroatoms. The Morgan fingerprint density at radius 2 is 1.56 bits per heavy atom. The molecule has 0 amide bonds. The van der Waals surface area contributed by atoms with Crippen LogP contribution in [0.15, 0.2) is 22.8 Å². The highest BCUT2D eigenvalue weighted by Gasteiger charge is 2.37. The summed E-state index contributed by atoms with van der Waals surface area (Å²) in [6.45, 7) is 9.28. The van der Waals surface area contributed by atoms with Gasteiger partial charge in [-0.3, -0.25) is 0 Å². The highest BCUT2D eigenvalue weighted by Crippen LogP contribution is 2.47. The summed E-state index contributed by atoms with van der Waals surface area (Å²) in [4.78, 5) is 0. The number of hydrogen-bond acceptors (Lipinski definition) is 2. The first-order chi connectivity index (χ1) is 8.31. The third kappa shape index (κ3) is 1.48. The number of anilines is 1. The van der Waals surface area contributed by atoms with Crippen LogP contribution < -0.4 is 5.73 Å². The predicted molar refractivity (Wildman–Crippen MR) is 75.9 cm³/mol. The third-order valence-corrected chi connectivity index (χ3v) is 4.58. The lowest BCUT2D eigenvalue weighted by molar-refractivity contribution is 0.332. The Labute approximate surface area is 108 Å². The summed E-state index contributed by atoms with van der Waals surface area (Å²) in [6, 6.07) is 4.44. The molecule has 0 saturated carbocycles. The van der Waals surface area contributed by atoms with Gasteiger partial charge in [0.1, 0.15) is 11.8 Å². The van der Waals surface area contributed by atoms with Gasteiger partial charge in [0.25, 0.3) is 0 Å². The number of fused-ring (bicyclic) bond motifs is 2. The molecule has 0 fully saturated rings. The highest BCUT2D eigenvalue weighted by atomic mass is 16.3. The van der Waals surface area contributed by atoms with Crippen molar-refractivity contribution < 1.29 is 4.42 Å². The van der Waals surface area contributed by atoms with Gasteiger partial charge in [0.05, 0.1) is 5.69 Å². The maximum atomic E-state index is 5.97. The van der Waals surface area contributed by atoms with Crippen LogP contribution >= 0.6 is 0 Å². The summed E-state index contributed by atoms with van der Waals surface area (Å²) in [5, 5.41) is 1.06. The molecule has 0 unspecified atom stereocenters. The van der Waals surface area contributed by atoms with Crippen molar-refractivity contribution in [3.8, 4) is 0 Å². The van der Waals surface area contributed by atoms with E-state index in [0.717, 1.165) is 16.7 Å². The first kappa shape index (κ1) is 11.6. The fraction of sp³-hybridized carbons (Fsp3) is 0.500. The average molecular weight is 243 g/mol. The van der Waals surface area contributed by atoms with Crippen molar-refractivity contribution in [3.63, 3.8) is 0 Å². The first-order valence-corrected chi connectivity index (χ1v) is 6.63. The quantitative estimate of drug-likeness (QED) is 0.746. The second-order valence-electron chi connectivity index (χ2n) is 6.85. The Kier molecular flexibility index (Phi) is 2.14. The van der Waals surface area contributed by atoms with E-state index in [1.165, 1.54) is 24.0 Å². The van der Waals surface area contributed by atoms with Crippen molar-refractivity contribution >= 4 is 16.7 Å². The SMILES string of the molecule is CC1(C)CCC(C)(C)c2cc3c(N)coc3cc21. The minimum Gasteiger partial charge on any atom is -0.462 e. The molecule has 1 aromatic heterocycles. The molecule has 1 aliphatic rings. The molecule has 0 atom stereocenters. The second kappa shape index (κ2) is 3.31. The maximum absolute atomic E-state index is 5.97. The maximum Gasteiger partial charge on any atom is 0.136 e. The van der Waals surface area contributed by atoms with Crippen LogP contribution in [0.4, 0.5) is 5.69 Å². The molecule has 3 rings (SSSR count). The molecule has 2 N–H and O–H groups in total. The van der Waals surface area contributed by atoms with Gasteiger partial charge in [-0.2, -0.15) is 0 Å². The summed E-state index contributed by atoms with van der Waals surface area (Å²) >= 11 is 0. The molecule has 2 aromatic rings. The van der Waals surface area contributed by atoms with Crippen LogP contribution in [0.1, 0.15) is 51.7 Å². The lowest BCUT2D eigenvalue weighted by Gasteiger charge is -2.41. The van der Waals surface area contributed by atoms with Crippen molar-refractivity contribution in [1.29, 1.82) is 0 Å². The van der Waals surface area contributed by atoms with Crippen LogP contribution in [-0.2, 0) is 10.8 Å². The van der Waals surface area contributed by atoms with Gasteiger partial charge in [0.2, 0.25) is 0 Å². The molecule has 1 aliphatic carbocycles. The van der Waals surface area contributed by atoms with Gasteiger partial charge in [0, 0.05) is 5.39 Å². The Hall–Kier alpha value is -1.44. The van der Waals surface area contributed by atoms with Crippen LogP contribution in [-0.4, -0.2) is 0 Å². The number of rotatable bonds is 0. The molecule has 0 saturated heterocycles. The molecule has 1 heterocycles. The number of nitrogen functional groups attached to an aromatic ring is 1. The molecule has 0 spiro atoms. The normalized spacial score (nSPS) is 20.9. The number of hydrogen-bond donors (Lipinski definition) is 1. The smallest absolute Gasteiger partial charge is 0.136 e. The molecule has 0 radical (unpaired) electrons. The highest BCUT2D eigenvalue weighted by molar-refractivity contribution is 5.91. The van der Waals surface area contributed by atoms with E-state index in [0.29, 0.717) is 0 Å². The molecule has 0 bridgehead atoms. The number of nitrogens with two attached hydrogens (primary N) is 1. The number of benzene rings is 1. The first-order valence-electron chi connectivity index (χ1n) is 6.63. The molecule has 0 aliphatic heterocycles.